The summed E-state index contributed by atoms with van der Waals surface area (Å²) in [6.07, 6.45) is 0.217. The number of carbonyl (C=O) groups excluding carboxylic acids is 2. The largest absolute Gasteiger partial charge is 0.481 e. The summed E-state index contributed by atoms with van der Waals surface area (Å²) in [5.74, 6) is -0.807. The molecular formula is C23H40N6O6. The van der Waals surface area contributed by atoms with Crippen molar-refractivity contribution in [2.45, 2.75) is 57.8 Å². The number of hydrogen-bond acceptors (Lipinski definition) is 9. The first-order valence-corrected chi connectivity index (χ1v) is 12.4. The lowest BCUT2D eigenvalue weighted by molar-refractivity contribution is -0.137. The van der Waals surface area contributed by atoms with E-state index in [-0.39, 0.29) is 24.3 Å². The number of hydrogen-bond donors (Lipinski definition) is 4. The molecule has 3 aliphatic rings. The SMILES string of the molecule is CC(C)(C)OC(=O)NC(=N)C(C1CCNCC1)N1CC(CN2CCN(CCC(=O)O)CC2)OC1=O. The van der Waals surface area contributed by atoms with E-state index in [4.69, 9.17) is 20.0 Å². The molecule has 4 N–H and O–H groups in total. The minimum Gasteiger partial charge on any atom is -0.481 e. The van der Waals surface area contributed by atoms with Crippen LogP contribution in [0.1, 0.15) is 40.0 Å². The van der Waals surface area contributed by atoms with Crippen molar-refractivity contribution in [3.8, 4) is 0 Å². The van der Waals surface area contributed by atoms with Gasteiger partial charge in [-0.15, -0.1) is 0 Å². The predicted octanol–water partition coefficient (Wildman–Crippen LogP) is 0.770. The average Bonchev–Trinajstić information content (AvgIpc) is 3.12. The third kappa shape index (κ3) is 8.32. The molecule has 0 aromatic carbocycles. The van der Waals surface area contributed by atoms with Crippen LogP contribution < -0.4 is 10.6 Å². The Bertz CT molecular complexity index is 773. The standard InChI is InChI=1S/C23H40N6O6/c1-23(2,3)35-21(32)26-20(24)19(16-4-7-25-8-5-16)29-15-17(34-22(29)33)14-28-12-10-27(11-13-28)9-6-18(30)31/h16-17,19,25H,4-15H2,1-3H3,(H,30,31)(H2,24,26,32). The Morgan fingerprint density at radius 2 is 1.83 bits per heavy atom. The molecule has 0 radical (unpaired) electrons. The molecule has 3 fully saturated rings. The molecular weight excluding hydrogens is 456 g/mol. The van der Waals surface area contributed by atoms with Gasteiger partial charge in [0.05, 0.1) is 19.0 Å². The van der Waals surface area contributed by atoms with Gasteiger partial charge in [0.15, 0.2) is 0 Å². The molecule has 35 heavy (non-hydrogen) atoms. The van der Waals surface area contributed by atoms with Gasteiger partial charge in [0, 0.05) is 39.3 Å². The first kappa shape index (κ1) is 27.2. The molecule has 3 aliphatic heterocycles. The zero-order chi connectivity index (χ0) is 25.6. The van der Waals surface area contributed by atoms with Crippen LogP contribution in [0.4, 0.5) is 9.59 Å². The Labute approximate surface area is 206 Å². The van der Waals surface area contributed by atoms with E-state index in [0.29, 0.717) is 19.6 Å². The van der Waals surface area contributed by atoms with Crippen molar-refractivity contribution in [2.24, 2.45) is 5.92 Å². The number of amidine groups is 1. The molecule has 0 aliphatic carbocycles. The van der Waals surface area contributed by atoms with E-state index in [1.165, 1.54) is 0 Å². The number of alkyl carbamates (subject to hydrolysis) is 1. The van der Waals surface area contributed by atoms with Crippen molar-refractivity contribution >= 4 is 24.0 Å². The van der Waals surface area contributed by atoms with E-state index in [1.807, 2.05) is 0 Å². The fraction of sp³-hybridized carbons (Fsp3) is 0.826. The van der Waals surface area contributed by atoms with E-state index >= 15 is 0 Å². The van der Waals surface area contributed by atoms with Crippen molar-refractivity contribution < 1.29 is 29.0 Å². The average molecular weight is 497 g/mol. The second-order valence-electron chi connectivity index (χ2n) is 10.5. The Morgan fingerprint density at radius 3 is 2.43 bits per heavy atom. The Hall–Kier alpha value is -2.44. The maximum absolute atomic E-state index is 12.9. The molecule has 0 bridgehead atoms. The van der Waals surface area contributed by atoms with Crippen LogP contribution in [0.25, 0.3) is 0 Å². The topological polar surface area (TPSA) is 148 Å². The second kappa shape index (κ2) is 12.0. The molecule has 0 aromatic heterocycles. The molecule has 2 atom stereocenters. The van der Waals surface area contributed by atoms with Gasteiger partial charge < -0.3 is 24.8 Å². The fourth-order valence-electron chi connectivity index (χ4n) is 4.89. The van der Waals surface area contributed by atoms with Crippen LogP contribution in [0.2, 0.25) is 0 Å². The van der Waals surface area contributed by atoms with Crippen LogP contribution in [0, 0.1) is 11.3 Å². The van der Waals surface area contributed by atoms with Gasteiger partial charge in [-0.3, -0.25) is 25.3 Å². The van der Waals surface area contributed by atoms with Crippen molar-refractivity contribution in [1.82, 2.24) is 25.3 Å². The number of nitrogens with zero attached hydrogens (tertiary/aromatic N) is 3. The zero-order valence-corrected chi connectivity index (χ0v) is 21.0. The number of carboxylic acids is 1. The third-order valence-corrected chi connectivity index (χ3v) is 6.57. The van der Waals surface area contributed by atoms with Gasteiger partial charge in [0.25, 0.3) is 0 Å². The normalized spacial score (nSPS) is 23.6. The van der Waals surface area contributed by atoms with Crippen LogP contribution in [0.5, 0.6) is 0 Å². The number of ether oxygens (including phenoxy) is 2. The number of rotatable bonds is 8. The first-order chi connectivity index (χ1) is 16.5. The number of carbonyl (C=O) groups is 3. The smallest absolute Gasteiger partial charge is 0.413 e. The highest BCUT2D eigenvalue weighted by Gasteiger charge is 2.43. The Kier molecular flexibility index (Phi) is 9.31. The summed E-state index contributed by atoms with van der Waals surface area (Å²) in [7, 11) is 0. The lowest BCUT2D eigenvalue weighted by Crippen LogP contribution is -2.55. The minimum absolute atomic E-state index is 0.0303. The molecule has 0 spiro atoms. The number of piperazine rings is 1. The van der Waals surface area contributed by atoms with E-state index < -0.39 is 29.8 Å². The predicted molar refractivity (Wildman–Crippen MR) is 129 cm³/mol. The number of aliphatic carboxylic acids is 1. The van der Waals surface area contributed by atoms with Gasteiger partial charge in [0.2, 0.25) is 0 Å². The summed E-state index contributed by atoms with van der Waals surface area (Å²) in [6, 6.07) is -0.588. The van der Waals surface area contributed by atoms with Gasteiger partial charge in [-0.25, -0.2) is 9.59 Å². The highest BCUT2D eigenvalue weighted by atomic mass is 16.6. The molecule has 198 valence electrons. The van der Waals surface area contributed by atoms with Gasteiger partial charge >= 0.3 is 18.2 Å². The number of amides is 2. The number of cyclic esters (lactones) is 1. The van der Waals surface area contributed by atoms with Crippen molar-refractivity contribution in [1.29, 1.82) is 5.41 Å². The number of carboxylic acid groups (broad SMARTS) is 1. The molecule has 3 heterocycles. The molecule has 12 heteroatoms. The lowest BCUT2D eigenvalue weighted by Gasteiger charge is -2.36. The molecule has 3 saturated heterocycles. The molecule has 0 saturated carbocycles. The van der Waals surface area contributed by atoms with Crippen molar-refractivity contribution in [3.05, 3.63) is 0 Å². The van der Waals surface area contributed by atoms with Gasteiger partial charge in [-0.2, -0.15) is 0 Å². The highest BCUT2D eigenvalue weighted by molar-refractivity contribution is 5.98. The lowest BCUT2D eigenvalue weighted by atomic mass is 9.88. The van der Waals surface area contributed by atoms with Gasteiger partial charge in [-0.05, 0) is 52.6 Å². The maximum atomic E-state index is 12.9. The van der Waals surface area contributed by atoms with E-state index in [1.54, 1.807) is 25.7 Å². The summed E-state index contributed by atoms with van der Waals surface area (Å²) in [4.78, 5) is 42.0. The summed E-state index contributed by atoms with van der Waals surface area (Å²) in [5.41, 5.74) is -0.691. The molecule has 2 unspecified atom stereocenters. The minimum atomic E-state index is -0.791. The van der Waals surface area contributed by atoms with Crippen molar-refractivity contribution in [3.63, 3.8) is 0 Å². The van der Waals surface area contributed by atoms with Crippen molar-refractivity contribution in [2.75, 3.05) is 58.9 Å². The Morgan fingerprint density at radius 1 is 1.20 bits per heavy atom. The quantitative estimate of drug-likeness (QED) is 0.282. The van der Waals surface area contributed by atoms with E-state index in [0.717, 1.165) is 52.1 Å². The van der Waals surface area contributed by atoms with Crippen LogP contribution in [-0.2, 0) is 14.3 Å². The monoisotopic (exact) mass is 496 g/mol. The van der Waals surface area contributed by atoms with Crippen LogP contribution >= 0.6 is 0 Å². The van der Waals surface area contributed by atoms with Crippen LogP contribution in [0.3, 0.4) is 0 Å². The number of nitrogens with one attached hydrogen (secondary N) is 3. The first-order valence-electron chi connectivity index (χ1n) is 12.4. The summed E-state index contributed by atoms with van der Waals surface area (Å²) in [6.45, 7) is 11.5. The fourth-order valence-corrected chi connectivity index (χ4v) is 4.89. The summed E-state index contributed by atoms with van der Waals surface area (Å²) < 4.78 is 11.0. The maximum Gasteiger partial charge on any atom is 0.413 e. The summed E-state index contributed by atoms with van der Waals surface area (Å²) >= 11 is 0. The third-order valence-electron chi connectivity index (χ3n) is 6.57. The molecule has 12 nitrogen and oxygen atoms in total. The van der Waals surface area contributed by atoms with Gasteiger partial charge in [-0.1, -0.05) is 0 Å². The highest BCUT2D eigenvalue weighted by Crippen LogP contribution is 2.26. The van der Waals surface area contributed by atoms with E-state index in [2.05, 4.69) is 20.4 Å². The summed E-state index contributed by atoms with van der Waals surface area (Å²) in [5, 5.41) is 23.4. The number of piperidine rings is 1. The van der Waals surface area contributed by atoms with Gasteiger partial charge in [0.1, 0.15) is 17.5 Å². The molecule has 2 amide bonds. The van der Waals surface area contributed by atoms with E-state index in [9.17, 15) is 14.4 Å². The van der Waals surface area contributed by atoms with Crippen LogP contribution in [-0.4, -0.2) is 120 Å². The molecule has 3 rings (SSSR count). The Balaban J connectivity index is 1.58. The molecule has 0 aromatic rings. The zero-order valence-electron chi connectivity index (χ0n) is 21.0. The van der Waals surface area contributed by atoms with Crippen LogP contribution in [0.15, 0.2) is 0 Å². The second-order valence-corrected chi connectivity index (χ2v) is 10.5.